The van der Waals surface area contributed by atoms with E-state index in [9.17, 15) is 0 Å². The zero-order valence-electron chi connectivity index (χ0n) is 31.2. The minimum atomic E-state index is -0.664. The highest BCUT2D eigenvalue weighted by Crippen LogP contribution is 2.62. The number of para-hydroxylation sites is 1. The SMILES string of the molecule is c1ccc(-c2ccc(N(c3ccc(-c4ccccc4)cc3)c3c4c(cc5c3oc3ccccc35)-c3ccccc3C4(c3ccccc3)c3ccccc3)cc2)cc1. The maximum atomic E-state index is 7.14. The molecule has 0 saturated carbocycles. The lowest BCUT2D eigenvalue weighted by Gasteiger charge is -2.37. The van der Waals surface area contributed by atoms with Crippen molar-refractivity contribution in [2.45, 2.75) is 5.41 Å². The molecule has 0 radical (unpaired) electrons. The van der Waals surface area contributed by atoms with Crippen molar-refractivity contribution in [3.05, 3.63) is 247 Å². The fourth-order valence-electron chi connectivity index (χ4n) is 9.24. The van der Waals surface area contributed by atoms with Gasteiger partial charge in [0.2, 0.25) is 0 Å². The fraction of sp³-hybridized carbons (Fsp3) is 0.0182. The summed E-state index contributed by atoms with van der Waals surface area (Å²) in [7, 11) is 0. The molecule has 0 fully saturated rings. The molecule has 0 amide bonds. The van der Waals surface area contributed by atoms with E-state index in [1.54, 1.807) is 0 Å². The van der Waals surface area contributed by atoms with E-state index in [1.807, 2.05) is 0 Å². The van der Waals surface area contributed by atoms with Crippen LogP contribution in [0.25, 0.3) is 55.3 Å². The van der Waals surface area contributed by atoms with Crippen molar-refractivity contribution < 1.29 is 4.42 Å². The molecule has 10 aromatic rings. The van der Waals surface area contributed by atoms with E-state index >= 15 is 0 Å². The summed E-state index contributed by atoms with van der Waals surface area (Å²) in [6.45, 7) is 0. The molecule has 57 heavy (non-hydrogen) atoms. The Morgan fingerprint density at radius 2 is 0.825 bits per heavy atom. The first kappa shape index (κ1) is 33.0. The predicted molar refractivity (Wildman–Crippen MR) is 237 cm³/mol. The molecule has 0 atom stereocenters. The van der Waals surface area contributed by atoms with Crippen molar-refractivity contribution in [2.24, 2.45) is 0 Å². The zero-order valence-corrected chi connectivity index (χ0v) is 31.2. The van der Waals surface area contributed by atoms with Crippen molar-refractivity contribution in [3.63, 3.8) is 0 Å². The molecule has 0 N–H and O–H groups in total. The van der Waals surface area contributed by atoms with Gasteiger partial charge in [-0.1, -0.05) is 188 Å². The van der Waals surface area contributed by atoms with E-state index < -0.39 is 5.41 Å². The maximum Gasteiger partial charge on any atom is 0.159 e. The number of furan rings is 1. The van der Waals surface area contributed by atoms with E-state index in [0.717, 1.165) is 39.0 Å². The van der Waals surface area contributed by atoms with Crippen molar-refractivity contribution >= 4 is 39.0 Å². The minimum absolute atomic E-state index is 0.664. The zero-order chi connectivity index (χ0) is 37.8. The molecule has 1 aromatic heterocycles. The van der Waals surface area contributed by atoms with Gasteiger partial charge in [-0.15, -0.1) is 0 Å². The highest BCUT2D eigenvalue weighted by Gasteiger charge is 2.49. The van der Waals surface area contributed by atoms with Crippen molar-refractivity contribution in [1.29, 1.82) is 0 Å². The summed E-state index contributed by atoms with van der Waals surface area (Å²) in [5.74, 6) is 0. The summed E-state index contributed by atoms with van der Waals surface area (Å²) in [5, 5.41) is 2.20. The Morgan fingerprint density at radius 1 is 0.368 bits per heavy atom. The monoisotopic (exact) mass is 727 g/mol. The van der Waals surface area contributed by atoms with Crippen LogP contribution < -0.4 is 4.90 Å². The van der Waals surface area contributed by atoms with Crippen molar-refractivity contribution in [1.82, 2.24) is 0 Å². The quantitative estimate of drug-likeness (QED) is 0.163. The van der Waals surface area contributed by atoms with Gasteiger partial charge in [0.15, 0.2) is 5.58 Å². The van der Waals surface area contributed by atoms with Crippen molar-refractivity contribution in [2.75, 3.05) is 4.90 Å². The largest absolute Gasteiger partial charge is 0.454 e. The van der Waals surface area contributed by atoms with Crippen LogP contribution in [-0.4, -0.2) is 0 Å². The molecule has 1 heterocycles. The van der Waals surface area contributed by atoms with Gasteiger partial charge in [0.25, 0.3) is 0 Å². The van der Waals surface area contributed by atoms with E-state index in [0.29, 0.717) is 0 Å². The van der Waals surface area contributed by atoms with Crippen LogP contribution in [0.2, 0.25) is 0 Å². The van der Waals surface area contributed by atoms with Gasteiger partial charge >= 0.3 is 0 Å². The second-order valence-corrected chi connectivity index (χ2v) is 14.8. The fourth-order valence-corrected chi connectivity index (χ4v) is 9.24. The summed E-state index contributed by atoms with van der Waals surface area (Å²) >= 11 is 0. The molecule has 2 heteroatoms. The van der Waals surface area contributed by atoms with Crippen LogP contribution in [0, 0.1) is 0 Å². The Morgan fingerprint density at radius 3 is 1.39 bits per heavy atom. The first-order chi connectivity index (χ1) is 28.3. The average molecular weight is 728 g/mol. The van der Waals surface area contributed by atoms with Gasteiger partial charge in [-0.3, -0.25) is 0 Å². The van der Waals surface area contributed by atoms with Crippen LogP contribution in [0.5, 0.6) is 0 Å². The van der Waals surface area contributed by atoms with Gasteiger partial charge in [-0.2, -0.15) is 0 Å². The Hall–Kier alpha value is -7.42. The van der Waals surface area contributed by atoms with E-state index in [4.69, 9.17) is 4.42 Å². The molecule has 0 bridgehead atoms. The van der Waals surface area contributed by atoms with Gasteiger partial charge in [0, 0.05) is 27.7 Å². The first-order valence-corrected chi connectivity index (χ1v) is 19.6. The van der Waals surface area contributed by atoms with Gasteiger partial charge in [-0.05, 0) is 86.5 Å². The molecule has 1 aliphatic carbocycles. The molecule has 0 spiro atoms. The number of hydrogen-bond donors (Lipinski definition) is 0. The minimum Gasteiger partial charge on any atom is -0.454 e. The van der Waals surface area contributed by atoms with Crippen LogP contribution in [0.3, 0.4) is 0 Å². The third-order valence-corrected chi connectivity index (χ3v) is 11.7. The van der Waals surface area contributed by atoms with Gasteiger partial charge in [0.1, 0.15) is 5.58 Å². The van der Waals surface area contributed by atoms with Gasteiger partial charge < -0.3 is 9.32 Å². The first-order valence-electron chi connectivity index (χ1n) is 19.6. The van der Waals surface area contributed by atoms with E-state index in [2.05, 4.69) is 229 Å². The molecular formula is C55H37NO. The molecule has 0 unspecified atom stereocenters. The lowest BCUT2D eigenvalue weighted by molar-refractivity contribution is 0.666. The summed E-state index contributed by atoms with van der Waals surface area (Å²) in [6.07, 6.45) is 0. The van der Waals surface area contributed by atoms with Crippen LogP contribution in [0.4, 0.5) is 17.1 Å². The number of anilines is 3. The predicted octanol–water partition coefficient (Wildman–Crippen LogP) is 14.8. The van der Waals surface area contributed by atoms with Gasteiger partial charge in [0.05, 0.1) is 11.1 Å². The average Bonchev–Trinajstić information content (AvgIpc) is 3.82. The summed E-state index contributed by atoms with van der Waals surface area (Å²) in [5.41, 5.74) is 16.2. The molecule has 1 aliphatic rings. The molecule has 0 aliphatic heterocycles. The van der Waals surface area contributed by atoms with Crippen LogP contribution >= 0.6 is 0 Å². The van der Waals surface area contributed by atoms with Gasteiger partial charge in [-0.25, -0.2) is 0 Å². The topological polar surface area (TPSA) is 16.4 Å². The smallest absolute Gasteiger partial charge is 0.159 e. The normalized spacial score (nSPS) is 12.7. The molecule has 0 saturated heterocycles. The lowest BCUT2D eigenvalue weighted by Crippen LogP contribution is -2.30. The van der Waals surface area contributed by atoms with Crippen LogP contribution in [-0.2, 0) is 5.41 Å². The van der Waals surface area contributed by atoms with E-state index in [1.165, 1.54) is 55.6 Å². The molecular weight excluding hydrogens is 691 g/mol. The second-order valence-electron chi connectivity index (χ2n) is 14.8. The Kier molecular flexibility index (Phi) is 7.75. The number of nitrogens with zero attached hydrogens (tertiary/aromatic N) is 1. The molecule has 11 rings (SSSR count). The second kappa shape index (κ2) is 13.4. The highest BCUT2D eigenvalue weighted by atomic mass is 16.3. The number of fused-ring (bicyclic) bond motifs is 6. The van der Waals surface area contributed by atoms with E-state index in [-0.39, 0.29) is 0 Å². The van der Waals surface area contributed by atoms with Crippen LogP contribution in [0.1, 0.15) is 22.3 Å². The third kappa shape index (κ3) is 5.18. The summed E-state index contributed by atoms with van der Waals surface area (Å²) in [6, 6.07) is 81.1. The summed E-state index contributed by atoms with van der Waals surface area (Å²) in [4.78, 5) is 2.44. The standard InChI is InChI=1S/C55H37NO/c1-5-17-38(18-6-1)40-29-33-44(34-30-40)56(45-35-31-41(32-36-45)39-19-7-2-8-20-39)53-52-48(37-49-47-26-14-16-28-51(47)57-54(49)53)46-25-13-15-27-50(46)55(52,42-21-9-3-10-22-42)43-23-11-4-12-24-43/h1-37H. The number of rotatable bonds is 7. The van der Waals surface area contributed by atoms with Crippen LogP contribution in [0.15, 0.2) is 229 Å². The Bertz CT molecular complexity index is 2900. The Balaban J connectivity index is 1.29. The molecule has 9 aromatic carbocycles. The summed E-state index contributed by atoms with van der Waals surface area (Å²) < 4.78 is 7.14. The number of hydrogen-bond acceptors (Lipinski definition) is 2. The Labute approximate surface area is 332 Å². The number of benzene rings is 9. The molecule has 2 nitrogen and oxygen atoms in total. The highest BCUT2D eigenvalue weighted by molar-refractivity contribution is 6.15. The van der Waals surface area contributed by atoms with Crippen molar-refractivity contribution in [3.8, 4) is 33.4 Å². The lowest BCUT2D eigenvalue weighted by atomic mass is 9.67. The molecule has 268 valence electrons. The maximum absolute atomic E-state index is 7.14. The third-order valence-electron chi connectivity index (χ3n) is 11.7.